The zero-order chi connectivity index (χ0) is 15.8. The Morgan fingerprint density at radius 3 is 2.52 bits per heavy atom. The van der Waals surface area contributed by atoms with Gasteiger partial charge in [-0.25, -0.2) is 0 Å². The number of carbonyl (C=O) groups excluding carboxylic acids is 2. The van der Waals surface area contributed by atoms with Gasteiger partial charge in [-0.15, -0.1) is 0 Å². The lowest BCUT2D eigenvalue weighted by Gasteiger charge is -2.24. The van der Waals surface area contributed by atoms with Crippen LogP contribution in [0, 0.1) is 3.57 Å². The number of halogens is 1. The van der Waals surface area contributed by atoms with Crippen LogP contribution in [0.5, 0.6) is 0 Å². The number of ether oxygens (including phenoxy) is 1. The molecule has 1 aromatic rings. The van der Waals surface area contributed by atoms with E-state index in [2.05, 4.69) is 27.9 Å². The van der Waals surface area contributed by atoms with Gasteiger partial charge in [0, 0.05) is 9.61 Å². The Balaban J connectivity index is 2.60. The third-order valence-electron chi connectivity index (χ3n) is 2.86. The van der Waals surface area contributed by atoms with Crippen molar-refractivity contribution in [3.63, 3.8) is 0 Å². The summed E-state index contributed by atoms with van der Waals surface area (Å²) < 4.78 is 5.90. The van der Waals surface area contributed by atoms with Crippen molar-refractivity contribution in [1.29, 1.82) is 0 Å². The first-order valence-corrected chi connectivity index (χ1v) is 7.96. The molecular weight excluding hydrogens is 383 g/mol. The lowest BCUT2D eigenvalue weighted by molar-refractivity contribution is -0.145. The van der Waals surface area contributed by atoms with Crippen LogP contribution in [-0.2, 0) is 14.3 Å². The maximum Gasteiger partial charge on any atom is 0.320 e. The number of para-hydroxylation sites is 1. The molecule has 0 aliphatic rings. The molecule has 21 heavy (non-hydrogen) atoms. The van der Waals surface area contributed by atoms with Crippen LogP contribution in [0.4, 0.5) is 5.69 Å². The highest BCUT2D eigenvalue weighted by Gasteiger charge is 2.18. The van der Waals surface area contributed by atoms with Gasteiger partial charge in [0.05, 0.1) is 25.4 Å². The van der Waals surface area contributed by atoms with Gasteiger partial charge in [0.2, 0.25) is 5.91 Å². The van der Waals surface area contributed by atoms with Crippen molar-refractivity contribution < 1.29 is 14.3 Å². The summed E-state index contributed by atoms with van der Waals surface area (Å²) in [6, 6.07) is 7.64. The Kier molecular flexibility index (Phi) is 7.66. The highest BCUT2D eigenvalue weighted by Crippen LogP contribution is 2.16. The molecule has 1 aromatic carbocycles. The van der Waals surface area contributed by atoms with Gasteiger partial charge >= 0.3 is 5.97 Å². The average Bonchev–Trinajstić information content (AvgIpc) is 2.41. The zero-order valence-electron chi connectivity index (χ0n) is 12.6. The number of nitrogens with one attached hydrogen (secondary N) is 1. The van der Waals surface area contributed by atoms with Crippen molar-refractivity contribution in [3.05, 3.63) is 27.8 Å². The second kappa shape index (κ2) is 8.99. The fourth-order valence-electron chi connectivity index (χ4n) is 1.73. The molecule has 0 aliphatic heterocycles. The van der Waals surface area contributed by atoms with Crippen LogP contribution >= 0.6 is 22.6 Å². The minimum absolute atomic E-state index is 0.0787. The molecule has 0 heterocycles. The molecule has 1 rings (SSSR count). The topological polar surface area (TPSA) is 58.6 Å². The standard InChI is InChI=1S/C15H21IN2O3/c1-4-21-15(20)10-18(11(2)3)9-14(19)17-13-8-6-5-7-12(13)16/h5-8,11H,4,9-10H2,1-3H3,(H,17,19). The molecule has 0 bridgehead atoms. The number of anilines is 1. The van der Waals surface area contributed by atoms with E-state index in [9.17, 15) is 9.59 Å². The number of esters is 1. The number of amides is 1. The molecule has 0 atom stereocenters. The minimum atomic E-state index is -0.312. The van der Waals surface area contributed by atoms with Crippen LogP contribution in [0.25, 0.3) is 0 Å². The van der Waals surface area contributed by atoms with Gasteiger partial charge in [-0.1, -0.05) is 12.1 Å². The summed E-state index contributed by atoms with van der Waals surface area (Å²) in [5.41, 5.74) is 0.781. The Bertz CT molecular complexity index is 492. The molecule has 116 valence electrons. The smallest absolute Gasteiger partial charge is 0.320 e. The Morgan fingerprint density at radius 1 is 1.29 bits per heavy atom. The van der Waals surface area contributed by atoms with Gasteiger partial charge in [0.25, 0.3) is 0 Å². The summed E-state index contributed by atoms with van der Waals surface area (Å²) in [6.07, 6.45) is 0. The van der Waals surface area contributed by atoms with E-state index >= 15 is 0 Å². The minimum Gasteiger partial charge on any atom is -0.465 e. The first kappa shape index (κ1) is 17.9. The van der Waals surface area contributed by atoms with E-state index in [1.807, 2.05) is 38.1 Å². The van der Waals surface area contributed by atoms with E-state index in [-0.39, 0.29) is 31.0 Å². The van der Waals surface area contributed by atoms with E-state index in [1.54, 1.807) is 11.8 Å². The molecule has 0 aliphatic carbocycles. The SMILES string of the molecule is CCOC(=O)CN(CC(=O)Nc1ccccc1I)C(C)C. The van der Waals surface area contributed by atoms with Gasteiger partial charge in [0.1, 0.15) is 0 Å². The summed E-state index contributed by atoms with van der Waals surface area (Å²) in [7, 11) is 0. The average molecular weight is 404 g/mol. The van der Waals surface area contributed by atoms with Gasteiger partial charge in [-0.05, 0) is 55.5 Å². The van der Waals surface area contributed by atoms with Crippen molar-refractivity contribution in [1.82, 2.24) is 4.90 Å². The van der Waals surface area contributed by atoms with Gasteiger partial charge in [0.15, 0.2) is 0 Å². The lowest BCUT2D eigenvalue weighted by Crippen LogP contribution is -2.41. The quantitative estimate of drug-likeness (QED) is 0.561. The molecule has 0 radical (unpaired) electrons. The van der Waals surface area contributed by atoms with E-state index in [0.717, 1.165) is 9.26 Å². The number of rotatable bonds is 7. The van der Waals surface area contributed by atoms with Crippen LogP contribution in [0.2, 0.25) is 0 Å². The Labute approximate surface area is 139 Å². The van der Waals surface area contributed by atoms with E-state index in [4.69, 9.17) is 4.74 Å². The molecule has 0 aromatic heterocycles. The highest BCUT2D eigenvalue weighted by molar-refractivity contribution is 14.1. The van der Waals surface area contributed by atoms with Crippen LogP contribution in [0.15, 0.2) is 24.3 Å². The number of carbonyl (C=O) groups is 2. The first-order chi connectivity index (χ1) is 9.93. The van der Waals surface area contributed by atoms with Crippen molar-refractivity contribution in [2.75, 3.05) is 25.0 Å². The molecular formula is C15H21IN2O3. The molecule has 0 unspecified atom stereocenters. The van der Waals surface area contributed by atoms with Gasteiger partial charge < -0.3 is 10.1 Å². The predicted octanol–water partition coefficient (Wildman–Crippen LogP) is 2.50. The Hall–Kier alpha value is -1.15. The van der Waals surface area contributed by atoms with E-state index < -0.39 is 0 Å². The second-order valence-electron chi connectivity index (χ2n) is 4.83. The third-order valence-corrected chi connectivity index (χ3v) is 3.80. The van der Waals surface area contributed by atoms with Crippen LogP contribution < -0.4 is 5.32 Å². The monoisotopic (exact) mass is 404 g/mol. The predicted molar refractivity (Wildman–Crippen MR) is 91.1 cm³/mol. The van der Waals surface area contributed by atoms with E-state index in [1.165, 1.54) is 0 Å². The molecule has 6 heteroatoms. The fraction of sp³-hybridized carbons (Fsp3) is 0.467. The summed E-state index contributed by atoms with van der Waals surface area (Å²) in [6.45, 7) is 6.27. The normalized spacial score (nSPS) is 10.8. The summed E-state index contributed by atoms with van der Waals surface area (Å²) in [5, 5.41) is 2.86. The zero-order valence-corrected chi connectivity index (χ0v) is 14.7. The summed E-state index contributed by atoms with van der Waals surface area (Å²) in [4.78, 5) is 25.4. The van der Waals surface area contributed by atoms with Crippen LogP contribution in [-0.4, -0.2) is 42.5 Å². The number of nitrogens with zero attached hydrogens (tertiary/aromatic N) is 1. The third kappa shape index (κ3) is 6.43. The van der Waals surface area contributed by atoms with E-state index in [0.29, 0.717) is 6.61 Å². The molecule has 5 nitrogen and oxygen atoms in total. The first-order valence-electron chi connectivity index (χ1n) is 6.88. The number of benzene rings is 1. The molecule has 1 N–H and O–H groups in total. The molecule has 0 fully saturated rings. The number of hydrogen-bond acceptors (Lipinski definition) is 4. The van der Waals surface area contributed by atoms with Crippen molar-refractivity contribution in [2.45, 2.75) is 26.8 Å². The molecule has 0 saturated carbocycles. The van der Waals surface area contributed by atoms with Crippen molar-refractivity contribution >= 4 is 40.2 Å². The van der Waals surface area contributed by atoms with Crippen LogP contribution in [0.1, 0.15) is 20.8 Å². The van der Waals surface area contributed by atoms with Crippen LogP contribution in [0.3, 0.4) is 0 Å². The number of hydrogen-bond donors (Lipinski definition) is 1. The molecule has 0 spiro atoms. The molecule has 0 saturated heterocycles. The maximum absolute atomic E-state index is 12.1. The van der Waals surface area contributed by atoms with Gasteiger partial charge in [-0.2, -0.15) is 0 Å². The second-order valence-corrected chi connectivity index (χ2v) is 5.99. The van der Waals surface area contributed by atoms with Crippen molar-refractivity contribution in [3.8, 4) is 0 Å². The highest BCUT2D eigenvalue weighted by atomic mass is 127. The molecule has 1 amide bonds. The summed E-state index contributed by atoms with van der Waals surface area (Å²) >= 11 is 2.17. The Morgan fingerprint density at radius 2 is 1.95 bits per heavy atom. The maximum atomic E-state index is 12.1. The van der Waals surface area contributed by atoms with Gasteiger partial charge in [-0.3, -0.25) is 14.5 Å². The lowest BCUT2D eigenvalue weighted by atomic mass is 10.3. The largest absolute Gasteiger partial charge is 0.465 e. The summed E-state index contributed by atoms with van der Waals surface area (Å²) in [5.74, 6) is -0.453. The fourth-order valence-corrected chi connectivity index (χ4v) is 2.25. The van der Waals surface area contributed by atoms with Crippen molar-refractivity contribution in [2.24, 2.45) is 0 Å².